The molecule has 0 radical (unpaired) electrons. The molecule has 6 aromatic carbocycles. The van der Waals surface area contributed by atoms with Crippen molar-refractivity contribution in [2.24, 2.45) is 0 Å². The van der Waals surface area contributed by atoms with Crippen LogP contribution in [0, 0.1) is 0 Å². The smallest absolute Gasteiger partial charge is 0.131 e. The van der Waals surface area contributed by atoms with Gasteiger partial charge in [-0.05, 0) is 45.9 Å². The minimum absolute atomic E-state index is 0.246. The lowest BCUT2D eigenvalue weighted by molar-refractivity contribution is 0.475. The molecule has 7 rings (SSSR count). The Morgan fingerprint density at radius 2 is 1.06 bits per heavy atom. The molecule has 236 valence electrons. The molecule has 4 heteroatoms. The Hall–Kier alpha value is -4.90. The first-order valence-corrected chi connectivity index (χ1v) is 18.2. The molecule has 48 heavy (non-hydrogen) atoms. The summed E-state index contributed by atoms with van der Waals surface area (Å²) in [4.78, 5) is 1.14. The van der Waals surface area contributed by atoms with Crippen LogP contribution in [-0.2, 0) is 11.5 Å². The maximum atomic E-state index is 11.4. The van der Waals surface area contributed by atoms with E-state index in [1.165, 1.54) is 16.7 Å². The lowest BCUT2D eigenvalue weighted by Crippen LogP contribution is -2.08. The molecule has 1 unspecified atom stereocenters. The van der Waals surface area contributed by atoms with Crippen molar-refractivity contribution in [2.45, 2.75) is 28.1 Å². The van der Waals surface area contributed by atoms with E-state index in [4.69, 9.17) is 0 Å². The maximum Gasteiger partial charge on any atom is 0.131 e. The molecule has 1 aliphatic carbocycles. The van der Waals surface area contributed by atoms with Gasteiger partial charge in [0.15, 0.2) is 0 Å². The van der Waals surface area contributed by atoms with Crippen molar-refractivity contribution in [1.29, 1.82) is 0 Å². The molecule has 6 aromatic rings. The number of rotatable bonds is 10. The summed E-state index contributed by atoms with van der Waals surface area (Å²) in [6.07, 6.45) is 7.41. The van der Waals surface area contributed by atoms with Gasteiger partial charge in [-0.1, -0.05) is 158 Å². The van der Waals surface area contributed by atoms with Crippen LogP contribution in [0.4, 0.5) is 0 Å². The van der Waals surface area contributed by atoms with Gasteiger partial charge in [-0.15, -0.1) is 23.5 Å². The third-order valence-corrected chi connectivity index (χ3v) is 11.2. The molecule has 0 saturated carbocycles. The van der Waals surface area contributed by atoms with Gasteiger partial charge in [-0.25, -0.2) is 0 Å². The van der Waals surface area contributed by atoms with E-state index in [0.29, 0.717) is 11.5 Å². The van der Waals surface area contributed by atoms with Crippen molar-refractivity contribution in [2.75, 3.05) is 0 Å². The van der Waals surface area contributed by atoms with Crippen molar-refractivity contribution in [3.63, 3.8) is 0 Å². The van der Waals surface area contributed by atoms with Crippen LogP contribution in [0.1, 0.15) is 23.1 Å². The van der Waals surface area contributed by atoms with Crippen LogP contribution in [0.3, 0.4) is 0 Å². The highest BCUT2D eigenvalue weighted by Crippen LogP contribution is 2.44. The summed E-state index contributed by atoms with van der Waals surface area (Å²) in [7, 11) is 0. The zero-order valence-corrected chi connectivity index (χ0v) is 28.1. The normalized spacial score (nSPS) is 14.1. The third kappa shape index (κ3) is 7.01. The molecule has 0 aliphatic heterocycles. The zero-order valence-electron chi connectivity index (χ0n) is 26.5. The van der Waals surface area contributed by atoms with Gasteiger partial charge in [0.2, 0.25) is 0 Å². The van der Waals surface area contributed by atoms with Crippen molar-refractivity contribution < 1.29 is 10.2 Å². The fraction of sp³-hybridized carbons (Fsp3) is 0.0909. The molecule has 0 fully saturated rings. The molecule has 2 nitrogen and oxygen atoms in total. The van der Waals surface area contributed by atoms with E-state index in [-0.39, 0.29) is 5.25 Å². The summed E-state index contributed by atoms with van der Waals surface area (Å²) in [5, 5.41) is 23.0. The summed E-state index contributed by atoms with van der Waals surface area (Å²) in [5.74, 6) is 2.35. The number of para-hydroxylation sites is 2. The van der Waals surface area contributed by atoms with E-state index in [1.54, 1.807) is 11.8 Å². The lowest BCUT2D eigenvalue weighted by Gasteiger charge is -2.23. The number of phenols is 2. The van der Waals surface area contributed by atoms with Crippen LogP contribution in [0.15, 0.2) is 169 Å². The van der Waals surface area contributed by atoms with Crippen molar-refractivity contribution >= 4 is 29.1 Å². The van der Waals surface area contributed by atoms with Gasteiger partial charge in [-0.2, -0.15) is 0 Å². The predicted molar refractivity (Wildman–Crippen MR) is 205 cm³/mol. The van der Waals surface area contributed by atoms with Gasteiger partial charge in [-0.3, -0.25) is 0 Å². The van der Waals surface area contributed by atoms with Gasteiger partial charge >= 0.3 is 0 Å². The van der Waals surface area contributed by atoms with E-state index in [9.17, 15) is 10.2 Å². The fourth-order valence-corrected chi connectivity index (χ4v) is 8.47. The van der Waals surface area contributed by atoms with Gasteiger partial charge < -0.3 is 10.2 Å². The van der Waals surface area contributed by atoms with E-state index < -0.39 is 0 Å². The monoisotopic (exact) mass is 660 g/mol. The quantitative estimate of drug-likeness (QED) is 0.143. The molecule has 0 saturated heterocycles. The van der Waals surface area contributed by atoms with Gasteiger partial charge in [0, 0.05) is 43.9 Å². The average molecular weight is 661 g/mol. The largest absolute Gasteiger partial charge is 0.507 e. The van der Waals surface area contributed by atoms with E-state index in [0.717, 1.165) is 61.8 Å². The van der Waals surface area contributed by atoms with Crippen LogP contribution in [0.2, 0.25) is 0 Å². The van der Waals surface area contributed by atoms with Crippen LogP contribution in [0.25, 0.3) is 39.0 Å². The second kappa shape index (κ2) is 14.9. The van der Waals surface area contributed by atoms with Crippen LogP contribution in [0.5, 0.6) is 11.5 Å². The number of allylic oxidation sites excluding steroid dienone is 3. The number of thioether (sulfide) groups is 2. The molecule has 0 heterocycles. The van der Waals surface area contributed by atoms with Gasteiger partial charge in [0.1, 0.15) is 11.5 Å². The summed E-state index contributed by atoms with van der Waals surface area (Å²) in [6.45, 7) is 0. The van der Waals surface area contributed by atoms with Crippen molar-refractivity contribution in [3.05, 3.63) is 181 Å². The Morgan fingerprint density at radius 3 is 1.77 bits per heavy atom. The molecule has 2 N–H and O–H groups in total. The fourth-order valence-electron chi connectivity index (χ4n) is 6.25. The summed E-state index contributed by atoms with van der Waals surface area (Å²) in [6, 6.07) is 49.4. The first-order valence-electron chi connectivity index (χ1n) is 16.2. The average Bonchev–Trinajstić information content (AvgIpc) is 3.15. The van der Waals surface area contributed by atoms with Crippen molar-refractivity contribution in [3.8, 4) is 44.9 Å². The zero-order chi connectivity index (χ0) is 32.7. The molecule has 0 bridgehead atoms. The Kier molecular flexibility index (Phi) is 9.83. The number of aromatic hydroxyl groups is 2. The Labute approximate surface area is 291 Å². The number of phenolic OH excluding ortho intramolecular Hbond substituents is 2. The van der Waals surface area contributed by atoms with Gasteiger partial charge in [0.25, 0.3) is 0 Å². The molecule has 1 atom stereocenters. The number of hydrogen-bond acceptors (Lipinski definition) is 4. The molecule has 1 aliphatic rings. The third-order valence-electron chi connectivity index (χ3n) is 8.68. The first kappa shape index (κ1) is 31.7. The molecule has 0 amide bonds. The van der Waals surface area contributed by atoms with Crippen molar-refractivity contribution in [1.82, 2.24) is 0 Å². The minimum atomic E-state index is 0.246. The van der Waals surface area contributed by atoms with E-state index >= 15 is 0 Å². The van der Waals surface area contributed by atoms with Crippen LogP contribution in [-0.4, -0.2) is 15.5 Å². The van der Waals surface area contributed by atoms with E-state index in [1.807, 2.05) is 115 Å². The summed E-state index contributed by atoms with van der Waals surface area (Å²) >= 11 is 3.72. The molecule has 0 aromatic heterocycles. The predicted octanol–water partition coefficient (Wildman–Crippen LogP) is 12.0. The van der Waals surface area contributed by atoms with Gasteiger partial charge in [0.05, 0.1) is 0 Å². The summed E-state index contributed by atoms with van der Waals surface area (Å²) in [5.41, 5.74) is 10.2. The standard InChI is InChI=1S/C44H36O2S2/c45-43-35(33-16-3-1-4-17-33)22-12-24-39(43)37-20-7-9-26-41(37)47-29-31-14-11-15-32(28-31)30-48-42-27-10-8-21-38(42)40-25-13-23-36(44(40)46)34-18-5-2-6-19-34/h1-26,28,42,45-46H,27,29-30H2. The Morgan fingerprint density at radius 1 is 0.521 bits per heavy atom. The maximum absolute atomic E-state index is 11.4. The SMILES string of the molecule is Oc1c(C2=CC=CCC2SCc2cccc(CSc3ccccc3-c3cccc(-c4ccccc4)c3O)c2)cccc1-c1ccccc1. The van der Waals surface area contributed by atoms with Crippen LogP contribution >= 0.6 is 23.5 Å². The molecular weight excluding hydrogens is 625 g/mol. The lowest BCUT2D eigenvalue weighted by atomic mass is 9.92. The molecular formula is C44H36O2S2. The Bertz CT molecular complexity index is 2080. The first-order chi connectivity index (χ1) is 23.7. The topological polar surface area (TPSA) is 40.5 Å². The second-order valence-electron chi connectivity index (χ2n) is 11.8. The molecule has 0 spiro atoms. The highest BCUT2D eigenvalue weighted by molar-refractivity contribution is 7.99. The minimum Gasteiger partial charge on any atom is -0.507 e. The van der Waals surface area contributed by atoms with E-state index in [2.05, 4.69) is 60.7 Å². The highest BCUT2D eigenvalue weighted by atomic mass is 32.2. The second-order valence-corrected chi connectivity index (χ2v) is 14.0. The Balaban J connectivity index is 1.05. The highest BCUT2D eigenvalue weighted by Gasteiger charge is 2.22. The summed E-state index contributed by atoms with van der Waals surface area (Å²) < 4.78 is 0. The van der Waals surface area contributed by atoms with Crippen LogP contribution < -0.4 is 0 Å². The number of hydrogen-bond donors (Lipinski definition) is 2. The number of benzene rings is 6.